The highest BCUT2D eigenvalue weighted by Gasteiger charge is 2.08. The first kappa shape index (κ1) is 11.9. The Morgan fingerprint density at radius 2 is 2.33 bits per heavy atom. The Hall–Kier alpha value is -1.19. The maximum atomic E-state index is 10.6. The number of anilines is 1. The number of carboxylic acid groups (broad SMARTS) is 1. The van der Waals surface area contributed by atoms with Gasteiger partial charge < -0.3 is 10.4 Å². The maximum Gasteiger partial charge on any atom is 0.355 e. The molecule has 0 fully saturated rings. The first-order chi connectivity index (χ1) is 6.88. The number of aromatic carboxylic acids is 1. The standard InChI is InChI=1S/C6H9N3O4S2/c7-15(12,13)2-1-8-6-9-4(3-14-6)5(10)11/h3H,1-2H2,(H,8,9)(H,10,11)(H2,7,12,13). The van der Waals surface area contributed by atoms with Crippen LogP contribution in [-0.4, -0.2) is 36.8 Å². The summed E-state index contributed by atoms with van der Waals surface area (Å²) in [6.45, 7) is 0.103. The molecule has 0 radical (unpaired) electrons. The van der Waals surface area contributed by atoms with Gasteiger partial charge in [-0.25, -0.2) is 23.3 Å². The molecule has 0 saturated carbocycles. The second kappa shape index (κ2) is 4.55. The third-order valence-electron chi connectivity index (χ3n) is 1.39. The SMILES string of the molecule is NS(=O)(=O)CCNc1nc(C(=O)O)cs1. The summed E-state index contributed by atoms with van der Waals surface area (Å²) >= 11 is 1.09. The molecule has 7 nitrogen and oxygen atoms in total. The molecule has 4 N–H and O–H groups in total. The summed E-state index contributed by atoms with van der Waals surface area (Å²) in [6, 6.07) is 0. The molecule has 84 valence electrons. The van der Waals surface area contributed by atoms with Gasteiger partial charge in [0.2, 0.25) is 10.0 Å². The van der Waals surface area contributed by atoms with E-state index in [2.05, 4.69) is 10.3 Å². The molecule has 15 heavy (non-hydrogen) atoms. The lowest BCUT2D eigenvalue weighted by atomic mass is 10.5. The lowest BCUT2D eigenvalue weighted by Gasteiger charge is -1.99. The summed E-state index contributed by atoms with van der Waals surface area (Å²) in [7, 11) is -3.51. The van der Waals surface area contributed by atoms with Crippen LogP contribution < -0.4 is 10.5 Å². The summed E-state index contributed by atoms with van der Waals surface area (Å²) in [5.41, 5.74) is -0.0712. The molecule has 1 aromatic rings. The van der Waals surface area contributed by atoms with Crippen molar-refractivity contribution in [3.63, 3.8) is 0 Å². The van der Waals surface area contributed by atoms with E-state index < -0.39 is 16.0 Å². The molecular weight excluding hydrogens is 242 g/mol. The van der Waals surface area contributed by atoms with E-state index in [1.807, 2.05) is 0 Å². The highest BCUT2D eigenvalue weighted by molar-refractivity contribution is 7.89. The Morgan fingerprint density at radius 1 is 1.67 bits per heavy atom. The van der Waals surface area contributed by atoms with Crippen molar-refractivity contribution >= 4 is 32.5 Å². The smallest absolute Gasteiger partial charge is 0.355 e. The lowest BCUT2D eigenvalue weighted by Crippen LogP contribution is -2.22. The van der Waals surface area contributed by atoms with Crippen molar-refractivity contribution in [2.75, 3.05) is 17.6 Å². The summed E-state index contributed by atoms with van der Waals surface area (Å²) in [6.07, 6.45) is 0. The van der Waals surface area contributed by atoms with Gasteiger partial charge in [0, 0.05) is 11.9 Å². The molecular formula is C6H9N3O4S2. The van der Waals surface area contributed by atoms with Crippen molar-refractivity contribution in [3.8, 4) is 0 Å². The number of thiazole rings is 1. The van der Waals surface area contributed by atoms with Gasteiger partial charge in [-0.15, -0.1) is 11.3 Å². The van der Waals surface area contributed by atoms with Crippen LogP contribution in [0, 0.1) is 0 Å². The van der Waals surface area contributed by atoms with Gasteiger partial charge in [0.15, 0.2) is 10.8 Å². The number of nitrogens with zero attached hydrogens (tertiary/aromatic N) is 1. The lowest BCUT2D eigenvalue weighted by molar-refractivity contribution is 0.0691. The number of carbonyl (C=O) groups is 1. The average Bonchev–Trinajstić information content (AvgIpc) is 2.50. The normalized spacial score (nSPS) is 11.3. The second-order valence-electron chi connectivity index (χ2n) is 2.64. The Balaban J connectivity index is 2.48. The monoisotopic (exact) mass is 251 g/mol. The van der Waals surface area contributed by atoms with Crippen molar-refractivity contribution < 1.29 is 18.3 Å². The molecule has 0 aliphatic heterocycles. The number of primary sulfonamides is 1. The van der Waals surface area contributed by atoms with Crippen LogP contribution >= 0.6 is 11.3 Å². The van der Waals surface area contributed by atoms with Gasteiger partial charge >= 0.3 is 5.97 Å². The zero-order valence-corrected chi connectivity index (χ0v) is 9.14. The Morgan fingerprint density at radius 3 is 2.80 bits per heavy atom. The predicted molar refractivity (Wildman–Crippen MR) is 55.5 cm³/mol. The maximum absolute atomic E-state index is 10.6. The van der Waals surface area contributed by atoms with Crippen LogP contribution in [0.3, 0.4) is 0 Å². The molecule has 0 aromatic carbocycles. The molecule has 0 atom stereocenters. The minimum atomic E-state index is -3.51. The van der Waals surface area contributed by atoms with Crippen molar-refractivity contribution in [1.29, 1.82) is 0 Å². The molecule has 9 heteroatoms. The predicted octanol–water partition coefficient (Wildman–Crippen LogP) is -0.458. The summed E-state index contributed by atoms with van der Waals surface area (Å²) < 4.78 is 21.1. The topological polar surface area (TPSA) is 122 Å². The van der Waals surface area contributed by atoms with Crippen LogP contribution in [-0.2, 0) is 10.0 Å². The largest absolute Gasteiger partial charge is 0.476 e. The molecule has 1 rings (SSSR count). The van der Waals surface area contributed by atoms with Crippen LogP contribution in [0.4, 0.5) is 5.13 Å². The highest BCUT2D eigenvalue weighted by atomic mass is 32.2. The fourth-order valence-corrected chi connectivity index (χ4v) is 1.85. The van der Waals surface area contributed by atoms with Gasteiger partial charge in [0.25, 0.3) is 0 Å². The van der Waals surface area contributed by atoms with Crippen molar-refractivity contribution in [2.45, 2.75) is 0 Å². The van der Waals surface area contributed by atoms with Crippen LogP contribution in [0.2, 0.25) is 0 Å². The van der Waals surface area contributed by atoms with Crippen LogP contribution in [0.5, 0.6) is 0 Å². The van der Waals surface area contributed by atoms with Gasteiger partial charge in [0.1, 0.15) is 0 Å². The minimum absolute atomic E-state index is 0.0712. The van der Waals surface area contributed by atoms with E-state index in [1.54, 1.807) is 0 Å². The van der Waals surface area contributed by atoms with Crippen LogP contribution in [0.25, 0.3) is 0 Å². The first-order valence-corrected chi connectivity index (χ1v) is 6.41. The van der Waals surface area contributed by atoms with Gasteiger partial charge in [-0.3, -0.25) is 0 Å². The van der Waals surface area contributed by atoms with E-state index in [0.717, 1.165) is 11.3 Å². The first-order valence-electron chi connectivity index (χ1n) is 3.81. The van der Waals surface area contributed by atoms with E-state index in [1.165, 1.54) is 5.38 Å². The third kappa shape index (κ3) is 4.23. The summed E-state index contributed by atoms with van der Waals surface area (Å²) in [5, 5.41) is 17.7. The fourth-order valence-electron chi connectivity index (χ4n) is 0.753. The number of sulfonamides is 1. The molecule has 0 amide bonds. The van der Waals surface area contributed by atoms with Gasteiger partial charge in [-0.1, -0.05) is 0 Å². The third-order valence-corrected chi connectivity index (χ3v) is 2.96. The van der Waals surface area contributed by atoms with Crippen molar-refractivity contribution in [3.05, 3.63) is 11.1 Å². The van der Waals surface area contributed by atoms with Crippen LogP contribution in [0.15, 0.2) is 5.38 Å². The number of nitrogens with one attached hydrogen (secondary N) is 1. The molecule has 1 aromatic heterocycles. The van der Waals surface area contributed by atoms with Gasteiger partial charge in [-0.05, 0) is 0 Å². The van der Waals surface area contributed by atoms with Crippen LogP contribution in [0.1, 0.15) is 10.5 Å². The number of nitrogens with two attached hydrogens (primary N) is 1. The second-order valence-corrected chi connectivity index (χ2v) is 5.23. The summed E-state index contributed by atoms with van der Waals surface area (Å²) in [4.78, 5) is 14.1. The van der Waals surface area contributed by atoms with E-state index in [4.69, 9.17) is 10.2 Å². The Labute approximate surface area is 90.0 Å². The van der Waals surface area contributed by atoms with Crippen molar-refractivity contribution in [1.82, 2.24) is 4.98 Å². The molecule has 0 spiro atoms. The summed E-state index contributed by atoms with van der Waals surface area (Å²) in [5.74, 6) is -1.35. The molecule has 0 aliphatic carbocycles. The molecule has 0 unspecified atom stereocenters. The average molecular weight is 251 g/mol. The Bertz CT molecular complexity index is 453. The number of carboxylic acids is 1. The number of hydrogen-bond acceptors (Lipinski definition) is 6. The minimum Gasteiger partial charge on any atom is -0.476 e. The van der Waals surface area contributed by atoms with E-state index in [0.29, 0.717) is 5.13 Å². The number of aromatic nitrogens is 1. The van der Waals surface area contributed by atoms with Gasteiger partial charge in [0.05, 0.1) is 5.75 Å². The van der Waals surface area contributed by atoms with Crippen molar-refractivity contribution in [2.24, 2.45) is 5.14 Å². The fraction of sp³-hybridized carbons (Fsp3) is 0.333. The zero-order chi connectivity index (χ0) is 11.5. The zero-order valence-electron chi connectivity index (χ0n) is 7.50. The highest BCUT2D eigenvalue weighted by Crippen LogP contribution is 2.14. The molecule has 0 bridgehead atoms. The molecule has 0 saturated heterocycles. The molecule has 0 aliphatic rings. The molecule has 1 heterocycles. The quantitative estimate of drug-likeness (QED) is 0.651. The van der Waals surface area contributed by atoms with E-state index in [9.17, 15) is 13.2 Å². The number of rotatable bonds is 5. The van der Waals surface area contributed by atoms with Gasteiger partial charge in [-0.2, -0.15) is 0 Å². The van der Waals surface area contributed by atoms with E-state index >= 15 is 0 Å². The van der Waals surface area contributed by atoms with E-state index in [-0.39, 0.29) is 18.0 Å². The Kier molecular flexibility index (Phi) is 3.61. The number of hydrogen-bond donors (Lipinski definition) is 3.